The third-order valence-corrected chi connectivity index (χ3v) is 3.43. The minimum absolute atomic E-state index is 0.000558. The zero-order chi connectivity index (χ0) is 13.3. The Bertz CT molecular complexity index is 180. The highest BCUT2D eigenvalue weighted by Gasteiger charge is 2.26. The molecule has 0 saturated heterocycles. The zero-order valence-corrected chi connectivity index (χ0v) is 12.8. The van der Waals surface area contributed by atoms with E-state index < -0.39 is 0 Å². The van der Waals surface area contributed by atoms with Crippen LogP contribution in [0.3, 0.4) is 0 Å². The van der Waals surface area contributed by atoms with Gasteiger partial charge in [0.1, 0.15) is 0 Å². The van der Waals surface area contributed by atoms with Crippen LogP contribution in [0, 0.1) is 0 Å². The first-order valence-corrected chi connectivity index (χ1v) is 7.41. The molecule has 0 aliphatic heterocycles. The lowest BCUT2D eigenvalue weighted by Crippen LogP contribution is -2.45. The van der Waals surface area contributed by atoms with Crippen molar-refractivity contribution >= 4 is 0 Å². The van der Waals surface area contributed by atoms with E-state index in [2.05, 4.69) is 46.9 Å². The quantitative estimate of drug-likeness (QED) is 0.622. The van der Waals surface area contributed by atoms with Crippen molar-refractivity contribution in [2.45, 2.75) is 91.4 Å². The fourth-order valence-corrected chi connectivity index (χ4v) is 2.00. The van der Waals surface area contributed by atoms with Gasteiger partial charge in [-0.3, -0.25) is 0 Å². The molecule has 0 aromatic carbocycles. The van der Waals surface area contributed by atoms with Gasteiger partial charge in [0.15, 0.2) is 0 Å². The van der Waals surface area contributed by atoms with Gasteiger partial charge in [-0.05, 0) is 46.1 Å². The molecule has 17 heavy (non-hydrogen) atoms. The van der Waals surface area contributed by atoms with Crippen molar-refractivity contribution < 1.29 is 4.74 Å². The summed E-state index contributed by atoms with van der Waals surface area (Å²) in [6.45, 7) is 14.4. The Kier molecular flexibility index (Phi) is 8.89. The van der Waals surface area contributed by atoms with Crippen molar-refractivity contribution in [1.82, 2.24) is 5.32 Å². The van der Waals surface area contributed by atoms with Gasteiger partial charge in [-0.15, -0.1) is 0 Å². The van der Waals surface area contributed by atoms with Gasteiger partial charge in [0.25, 0.3) is 0 Å². The summed E-state index contributed by atoms with van der Waals surface area (Å²) in [5.74, 6) is 0. The first-order valence-electron chi connectivity index (χ1n) is 7.41. The highest BCUT2D eigenvalue weighted by Crippen LogP contribution is 2.21. The zero-order valence-electron chi connectivity index (χ0n) is 12.8. The fraction of sp³-hybridized carbons (Fsp3) is 1.00. The van der Waals surface area contributed by atoms with Crippen LogP contribution in [0.1, 0.15) is 73.6 Å². The normalized spacial score (nSPS) is 15.9. The van der Waals surface area contributed by atoms with Gasteiger partial charge >= 0.3 is 0 Å². The van der Waals surface area contributed by atoms with Crippen molar-refractivity contribution in [3.8, 4) is 0 Å². The van der Waals surface area contributed by atoms with Gasteiger partial charge in [-0.1, -0.05) is 34.1 Å². The molecule has 104 valence electrons. The molecule has 0 bridgehead atoms. The van der Waals surface area contributed by atoms with Crippen molar-refractivity contribution in [2.75, 3.05) is 6.54 Å². The Morgan fingerprint density at radius 2 is 1.71 bits per heavy atom. The van der Waals surface area contributed by atoms with Crippen LogP contribution in [0.25, 0.3) is 0 Å². The largest absolute Gasteiger partial charge is 0.371 e. The van der Waals surface area contributed by atoms with Crippen LogP contribution in [0.4, 0.5) is 0 Å². The Hall–Kier alpha value is -0.0800. The van der Waals surface area contributed by atoms with Crippen LogP contribution < -0.4 is 5.32 Å². The molecule has 0 radical (unpaired) electrons. The van der Waals surface area contributed by atoms with Crippen molar-refractivity contribution in [1.29, 1.82) is 0 Å². The highest BCUT2D eigenvalue weighted by molar-refractivity contribution is 4.79. The van der Waals surface area contributed by atoms with Crippen LogP contribution in [0.2, 0.25) is 0 Å². The van der Waals surface area contributed by atoms with E-state index >= 15 is 0 Å². The molecule has 0 amide bonds. The fourth-order valence-electron chi connectivity index (χ4n) is 2.00. The second-order valence-electron chi connectivity index (χ2n) is 5.53. The molecule has 2 atom stereocenters. The van der Waals surface area contributed by atoms with Gasteiger partial charge in [0.2, 0.25) is 0 Å². The van der Waals surface area contributed by atoms with Crippen LogP contribution in [0.5, 0.6) is 0 Å². The molecule has 0 fully saturated rings. The van der Waals surface area contributed by atoms with E-state index in [-0.39, 0.29) is 5.60 Å². The van der Waals surface area contributed by atoms with Gasteiger partial charge in [-0.2, -0.15) is 0 Å². The predicted octanol–water partition coefficient (Wildman–Crippen LogP) is 4.14. The summed E-state index contributed by atoms with van der Waals surface area (Å²) < 4.78 is 6.29. The minimum atomic E-state index is 0.000558. The number of hydrogen-bond donors (Lipinski definition) is 1. The third-order valence-electron chi connectivity index (χ3n) is 3.43. The summed E-state index contributed by atoms with van der Waals surface area (Å²) in [7, 11) is 0. The maximum absolute atomic E-state index is 6.29. The van der Waals surface area contributed by atoms with Crippen molar-refractivity contribution in [3.05, 3.63) is 0 Å². The van der Waals surface area contributed by atoms with Crippen LogP contribution in [0.15, 0.2) is 0 Å². The van der Waals surface area contributed by atoms with E-state index in [1.54, 1.807) is 0 Å². The van der Waals surface area contributed by atoms with Gasteiger partial charge in [-0.25, -0.2) is 0 Å². The Balaban J connectivity index is 4.43. The van der Waals surface area contributed by atoms with Crippen LogP contribution in [-0.2, 0) is 4.74 Å². The molecule has 0 aromatic rings. The second kappa shape index (κ2) is 8.93. The lowest BCUT2D eigenvalue weighted by atomic mass is 10.0. The maximum atomic E-state index is 6.29. The van der Waals surface area contributed by atoms with E-state index in [0.29, 0.717) is 12.1 Å². The molecule has 0 aliphatic rings. The Morgan fingerprint density at radius 3 is 2.12 bits per heavy atom. The van der Waals surface area contributed by atoms with Crippen molar-refractivity contribution in [2.24, 2.45) is 0 Å². The third kappa shape index (κ3) is 7.05. The number of hydrogen-bond acceptors (Lipinski definition) is 2. The summed E-state index contributed by atoms with van der Waals surface area (Å²) in [6, 6.07) is 0.510. The van der Waals surface area contributed by atoms with E-state index in [1.165, 1.54) is 19.3 Å². The number of nitrogens with one attached hydrogen (secondary N) is 1. The first-order chi connectivity index (χ1) is 8.00. The van der Waals surface area contributed by atoms with E-state index in [9.17, 15) is 0 Å². The SMILES string of the molecule is CCCNC(CCC)C(CC)OC(C)(C)CC. The molecule has 2 heteroatoms. The molecule has 0 saturated carbocycles. The van der Waals surface area contributed by atoms with Crippen LogP contribution in [-0.4, -0.2) is 24.3 Å². The predicted molar refractivity (Wildman–Crippen MR) is 76.5 cm³/mol. The smallest absolute Gasteiger partial charge is 0.0732 e. The average Bonchev–Trinajstić information content (AvgIpc) is 2.32. The monoisotopic (exact) mass is 243 g/mol. The van der Waals surface area contributed by atoms with Crippen LogP contribution >= 0.6 is 0 Å². The second-order valence-corrected chi connectivity index (χ2v) is 5.53. The molecule has 0 aliphatic carbocycles. The Morgan fingerprint density at radius 1 is 1.06 bits per heavy atom. The highest BCUT2D eigenvalue weighted by atomic mass is 16.5. The van der Waals surface area contributed by atoms with E-state index in [1.807, 2.05) is 0 Å². The topological polar surface area (TPSA) is 21.3 Å². The van der Waals surface area contributed by atoms with Gasteiger partial charge < -0.3 is 10.1 Å². The average molecular weight is 243 g/mol. The maximum Gasteiger partial charge on any atom is 0.0732 e. The lowest BCUT2D eigenvalue weighted by molar-refractivity contribution is -0.0897. The molecular formula is C15H33NO. The molecule has 1 N–H and O–H groups in total. The number of rotatable bonds is 10. The summed E-state index contributed by atoms with van der Waals surface area (Å²) in [5, 5.41) is 3.64. The van der Waals surface area contributed by atoms with Gasteiger partial charge in [0.05, 0.1) is 11.7 Å². The molecule has 0 rings (SSSR count). The van der Waals surface area contributed by atoms with E-state index in [4.69, 9.17) is 4.74 Å². The first kappa shape index (κ1) is 16.9. The molecule has 2 nitrogen and oxygen atoms in total. The Labute approximate surface area is 109 Å². The summed E-state index contributed by atoms with van der Waals surface area (Å²) in [6.07, 6.45) is 6.11. The molecule has 2 unspecified atom stereocenters. The lowest BCUT2D eigenvalue weighted by Gasteiger charge is -2.35. The molecule has 0 aromatic heterocycles. The van der Waals surface area contributed by atoms with Gasteiger partial charge in [0, 0.05) is 6.04 Å². The van der Waals surface area contributed by atoms with Crippen molar-refractivity contribution in [3.63, 3.8) is 0 Å². The number of ether oxygens (including phenoxy) is 1. The summed E-state index contributed by atoms with van der Waals surface area (Å²) >= 11 is 0. The summed E-state index contributed by atoms with van der Waals surface area (Å²) in [5.41, 5.74) is 0.000558. The van der Waals surface area contributed by atoms with E-state index in [0.717, 1.165) is 19.4 Å². The summed E-state index contributed by atoms with van der Waals surface area (Å²) in [4.78, 5) is 0. The molecular weight excluding hydrogens is 210 g/mol. The standard InChI is InChI=1S/C15H33NO/c1-7-11-13(16-12-8-2)14(9-3)17-15(5,6)10-4/h13-14,16H,7-12H2,1-6H3. The minimum Gasteiger partial charge on any atom is -0.371 e. The molecule has 0 heterocycles. The molecule has 0 spiro atoms.